The fourth-order valence-corrected chi connectivity index (χ4v) is 3.96. The molecule has 4 rings (SSSR count). The standard InChI is InChI=1S/C20H15BrClN3O4/c1-2-29-20(28)16-15-17(25(23-16)14-6-4-3-5-13(14)22)19(27)24(18(15)26)12-9-7-11(21)8-10-12/h3-10,15,17H,2H2,1H3. The summed E-state index contributed by atoms with van der Waals surface area (Å²) in [6.07, 6.45) is 0. The Hall–Kier alpha value is -2.71. The van der Waals surface area contributed by atoms with Gasteiger partial charge in [-0.05, 0) is 43.3 Å². The molecule has 1 fully saturated rings. The number of imide groups is 1. The molecule has 0 bridgehead atoms. The molecule has 0 aliphatic carbocycles. The predicted molar refractivity (Wildman–Crippen MR) is 112 cm³/mol. The fraction of sp³-hybridized carbons (Fsp3) is 0.200. The van der Waals surface area contributed by atoms with Crippen LogP contribution < -0.4 is 9.91 Å². The largest absolute Gasteiger partial charge is 0.461 e. The smallest absolute Gasteiger partial charge is 0.355 e. The third kappa shape index (κ3) is 3.22. The number of hydrogen-bond donors (Lipinski definition) is 0. The van der Waals surface area contributed by atoms with Crippen molar-refractivity contribution in [1.29, 1.82) is 0 Å². The lowest BCUT2D eigenvalue weighted by Crippen LogP contribution is -2.39. The minimum Gasteiger partial charge on any atom is -0.461 e. The molecule has 2 aliphatic heterocycles. The number of hydrazone groups is 1. The van der Waals surface area contributed by atoms with Crippen LogP contribution in [0.4, 0.5) is 11.4 Å². The van der Waals surface area contributed by atoms with Crippen molar-refractivity contribution < 1.29 is 19.1 Å². The molecule has 2 aliphatic rings. The molecule has 2 aromatic rings. The third-order valence-corrected chi connectivity index (χ3v) is 5.57. The Balaban J connectivity index is 1.81. The molecule has 0 N–H and O–H groups in total. The van der Waals surface area contributed by atoms with Crippen LogP contribution in [0.1, 0.15) is 6.92 Å². The summed E-state index contributed by atoms with van der Waals surface area (Å²) in [4.78, 5) is 40.1. The number of benzene rings is 2. The first-order valence-electron chi connectivity index (χ1n) is 8.86. The molecular formula is C20H15BrClN3O4. The maximum absolute atomic E-state index is 13.3. The number of rotatable bonds is 4. The number of fused-ring (bicyclic) bond motifs is 1. The van der Waals surface area contributed by atoms with Crippen molar-refractivity contribution in [3.8, 4) is 0 Å². The summed E-state index contributed by atoms with van der Waals surface area (Å²) in [7, 11) is 0. The maximum atomic E-state index is 13.3. The lowest BCUT2D eigenvalue weighted by atomic mass is 9.98. The highest BCUT2D eigenvalue weighted by Crippen LogP contribution is 2.40. The molecule has 2 atom stereocenters. The Bertz CT molecular complexity index is 1040. The zero-order chi connectivity index (χ0) is 20.7. The number of esters is 1. The summed E-state index contributed by atoms with van der Waals surface area (Å²) in [5.74, 6) is -2.80. The summed E-state index contributed by atoms with van der Waals surface area (Å²) < 4.78 is 5.88. The molecule has 29 heavy (non-hydrogen) atoms. The van der Waals surface area contributed by atoms with Crippen molar-refractivity contribution in [3.05, 3.63) is 58.0 Å². The number of nitrogens with zero attached hydrogens (tertiary/aromatic N) is 3. The van der Waals surface area contributed by atoms with Gasteiger partial charge in [-0.15, -0.1) is 0 Å². The van der Waals surface area contributed by atoms with E-state index in [0.29, 0.717) is 16.4 Å². The van der Waals surface area contributed by atoms with Crippen LogP contribution in [-0.2, 0) is 19.1 Å². The zero-order valence-electron chi connectivity index (χ0n) is 15.2. The average molecular weight is 477 g/mol. The van der Waals surface area contributed by atoms with E-state index in [2.05, 4.69) is 21.0 Å². The number of halogens is 2. The van der Waals surface area contributed by atoms with E-state index in [1.54, 1.807) is 55.5 Å². The molecule has 0 aromatic heterocycles. The van der Waals surface area contributed by atoms with Gasteiger partial charge in [0.25, 0.3) is 5.91 Å². The molecule has 9 heteroatoms. The molecular weight excluding hydrogens is 462 g/mol. The van der Waals surface area contributed by atoms with Crippen molar-refractivity contribution >= 4 is 62.4 Å². The predicted octanol–water partition coefficient (Wildman–Crippen LogP) is 3.40. The second-order valence-corrected chi connectivity index (χ2v) is 7.74. The first kappa shape index (κ1) is 19.6. The number of carbonyl (C=O) groups is 3. The molecule has 2 unspecified atom stereocenters. The summed E-state index contributed by atoms with van der Waals surface area (Å²) in [5, 5.41) is 5.98. The number of ether oxygens (including phenoxy) is 1. The van der Waals surface area contributed by atoms with Gasteiger partial charge in [-0.1, -0.05) is 39.7 Å². The van der Waals surface area contributed by atoms with Gasteiger partial charge >= 0.3 is 5.97 Å². The zero-order valence-corrected chi connectivity index (χ0v) is 17.6. The SMILES string of the molecule is CCOC(=O)C1=NN(c2ccccc2Cl)C2C(=O)N(c3ccc(Br)cc3)C(=O)C12. The van der Waals surface area contributed by atoms with Crippen molar-refractivity contribution in [2.75, 3.05) is 16.5 Å². The van der Waals surface area contributed by atoms with E-state index < -0.39 is 29.7 Å². The summed E-state index contributed by atoms with van der Waals surface area (Å²) in [5.41, 5.74) is 0.747. The number of carbonyl (C=O) groups excluding carboxylic acids is 3. The first-order chi connectivity index (χ1) is 13.9. The van der Waals surface area contributed by atoms with Gasteiger partial charge in [0.2, 0.25) is 5.91 Å². The van der Waals surface area contributed by atoms with Crippen LogP contribution in [0.15, 0.2) is 58.1 Å². The van der Waals surface area contributed by atoms with E-state index in [9.17, 15) is 14.4 Å². The Kier molecular flexibility index (Phi) is 5.14. The summed E-state index contributed by atoms with van der Waals surface area (Å²) >= 11 is 9.63. The van der Waals surface area contributed by atoms with E-state index in [0.717, 1.165) is 9.37 Å². The Morgan fingerprint density at radius 2 is 1.83 bits per heavy atom. The van der Waals surface area contributed by atoms with Gasteiger partial charge in [-0.2, -0.15) is 5.10 Å². The van der Waals surface area contributed by atoms with Gasteiger partial charge in [0.15, 0.2) is 5.71 Å². The highest BCUT2D eigenvalue weighted by molar-refractivity contribution is 9.10. The van der Waals surface area contributed by atoms with Gasteiger partial charge in [-0.3, -0.25) is 9.59 Å². The van der Waals surface area contributed by atoms with Crippen LogP contribution in [0, 0.1) is 5.92 Å². The van der Waals surface area contributed by atoms with Gasteiger partial charge in [0.1, 0.15) is 12.0 Å². The molecule has 2 amide bonds. The van der Waals surface area contributed by atoms with Crippen LogP contribution >= 0.6 is 27.5 Å². The number of para-hydroxylation sites is 1. The van der Waals surface area contributed by atoms with E-state index in [-0.39, 0.29) is 12.3 Å². The third-order valence-electron chi connectivity index (χ3n) is 4.72. The molecule has 148 valence electrons. The van der Waals surface area contributed by atoms with Crippen molar-refractivity contribution in [2.24, 2.45) is 11.0 Å². The van der Waals surface area contributed by atoms with Crippen LogP contribution in [0.3, 0.4) is 0 Å². The highest BCUT2D eigenvalue weighted by Gasteiger charge is 2.59. The van der Waals surface area contributed by atoms with Gasteiger partial charge in [0.05, 0.1) is 23.0 Å². The molecule has 0 saturated carbocycles. The van der Waals surface area contributed by atoms with Crippen molar-refractivity contribution in [2.45, 2.75) is 13.0 Å². The average Bonchev–Trinajstić information content (AvgIpc) is 3.21. The molecule has 1 saturated heterocycles. The number of anilines is 2. The van der Waals surface area contributed by atoms with E-state index >= 15 is 0 Å². The van der Waals surface area contributed by atoms with E-state index in [1.165, 1.54) is 5.01 Å². The van der Waals surface area contributed by atoms with Crippen LogP contribution in [0.2, 0.25) is 5.02 Å². The maximum Gasteiger partial charge on any atom is 0.355 e. The minimum absolute atomic E-state index is 0.102. The first-order valence-corrected chi connectivity index (χ1v) is 10.0. The van der Waals surface area contributed by atoms with Crippen LogP contribution in [0.5, 0.6) is 0 Å². The summed E-state index contributed by atoms with van der Waals surface area (Å²) in [6.45, 7) is 1.78. The quantitative estimate of drug-likeness (QED) is 0.499. The highest BCUT2D eigenvalue weighted by atomic mass is 79.9. The van der Waals surface area contributed by atoms with Crippen molar-refractivity contribution in [3.63, 3.8) is 0 Å². The molecule has 2 heterocycles. The molecule has 2 aromatic carbocycles. The van der Waals surface area contributed by atoms with E-state index in [4.69, 9.17) is 16.3 Å². The van der Waals surface area contributed by atoms with Crippen LogP contribution in [0.25, 0.3) is 0 Å². The lowest BCUT2D eigenvalue weighted by Gasteiger charge is -2.22. The Labute approximate surface area is 180 Å². The number of amides is 2. The molecule has 7 nitrogen and oxygen atoms in total. The van der Waals surface area contributed by atoms with Gasteiger partial charge in [0, 0.05) is 4.47 Å². The molecule has 0 radical (unpaired) electrons. The second kappa shape index (κ2) is 7.61. The normalized spacial score (nSPS) is 20.7. The fourth-order valence-electron chi connectivity index (χ4n) is 3.47. The Morgan fingerprint density at radius 3 is 2.48 bits per heavy atom. The lowest BCUT2D eigenvalue weighted by molar-refractivity contribution is -0.136. The number of hydrogen-bond acceptors (Lipinski definition) is 6. The van der Waals surface area contributed by atoms with Gasteiger partial charge in [-0.25, -0.2) is 14.7 Å². The van der Waals surface area contributed by atoms with Crippen molar-refractivity contribution in [1.82, 2.24) is 0 Å². The Morgan fingerprint density at radius 1 is 1.14 bits per heavy atom. The minimum atomic E-state index is -1.07. The topological polar surface area (TPSA) is 79.3 Å². The van der Waals surface area contributed by atoms with E-state index in [1.807, 2.05) is 0 Å². The molecule has 0 spiro atoms. The monoisotopic (exact) mass is 475 g/mol. The summed E-state index contributed by atoms with van der Waals surface area (Å²) in [6, 6.07) is 12.6. The van der Waals surface area contributed by atoms with Crippen LogP contribution in [-0.4, -0.2) is 36.1 Å². The second-order valence-electron chi connectivity index (χ2n) is 6.41. The van der Waals surface area contributed by atoms with Gasteiger partial charge < -0.3 is 4.74 Å².